The number of aliphatic imine (C=N–C) groups is 1. The number of guanidine groups is 1. The van der Waals surface area contributed by atoms with Gasteiger partial charge in [-0.3, -0.25) is 4.99 Å². The topological polar surface area (TPSA) is 54.9 Å². The van der Waals surface area contributed by atoms with E-state index < -0.39 is 0 Å². The first-order chi connectivity index (χ1) is 11.6. The summed E-state index contributed by atoms with van der Waals surface area (Å²) in [6, 6.07) is 6.61. The highest BCUT2D eigenvalue weighted by Crippen LogP contribution is 2.36. The fourth-order valence-electron chi connectivity index (χ4n) is 2.93. The Morgan fingerprint density at radius 3 is 2.64 bits per heavy atom. The van der Waals surface area contributed by atoms with Crippen LogP contribution in [-0.4, -0.2) is 31.9 Å². The molecule has 5 nitrogen and oxygen atoms in total. The number of hydrogen-bond donors (Lipinski definition) is 2. The van der Waals surface area contributed by atoms with Crippen molar-refractivity contribution in [3.8, 4) is 11.5 Å². The summed E-state index contributed by atoms with van der Waals surface area (Å²) >= 11 is 0. The second-order valence-electron chi connectivity index (χ2n) is 6.93. The number of ether oxygens (including phenoxy) is 2. The maximum absolute atomic E-state index is 5.50. The van der Waals surface area contributed by atoms with Gasteiger partial charge in [-0.05, 0) is 37.5 Å². The van der Waals surface area contributed by atoms with Crippen molar-refractivity contribution >= 4 is 29.9 Å². The number of rotatable bonds is 5. The molecule has 1 aromatic carbocycles. The van der Waals surface area contributed by atoms with E-state index in [1.54, 1.807) is 0 Å². The van der Waals surface area contributed by atoms with Crippen LogP contribution >= 0.6 is 24.0 Å². The second-order valence-corrected chi connectivity index (χ2v) is 6.93. The molecule has 1 aliphatic carbocycles. The third kappa shape index (κ3) is 5.03. The van der Waals surface area contributed by atoms with Crippen molar-refractivity contribution in [1.29, 1.82) is 0 Å². The highest BCUT2D eigenvalue weighted by molar-refractivity contribution is 14.0. The molecule has 0 amide bonds. The molecule has 6 heteroatoms. The summed E-state index contributed by atoms with van der Waals surface area (Å²) in [4.78, 5) is 4.81. The van der Waals surface area contributed by atoms with E-state index in [0.717, 1.165) is 36.8 Å². The monoisotopic (exact) mass is 457 g/mol. The van der Waals surface area contributed by atoms with Gasteiger partial charge in [-0.1, -0.05) is 32.1 Å². The third-order valence-electron chi connectivity index (χ3n) is 4.48. The van der Waals surface area contributed by atoms with Crippen molar-refractivity contribution in [3.05, 3.63) is 35.9 Å². The first-order valence-electron chi connectivity index (χ1n) is 8.68. The fraction of sp³-hybridized carbons (Fsp3) is 0.526. The zero-order valence-corrected chi connectivity index (χ0v) is 17.5. The summed E-state index contributed by atoms with van der Waals surface area (Å²) in [5.74, 6) is 2.54. The minimum atomic E-state index is -0.0861. The average Bonchev–Trinajstić information content (AvgIpc) is 3.23. The maximum atomic E-state index is 5.50. The predicted molar refractivity (Wildman–Crippen MR) is 112 cm³/mol. The van der Waals surface area contributed by atoms with Crippen molar-refractivity contribution in [3.63, 3.8) is 0 Å². The molecule has 0 atom stereocenters. The molecular formula is C19H28IN3O2. The largest absolute Gasteiger partial charge is 0.454 e. The lowest BCUT2D eigenvalue weighted by molar-refractivity contribution is 0.174. The lowest BCUT2D eigenvalue weighted by Crippen LogP contribution is -2.43. The Kier molecular flexibility index (Phi) is 6.98. The van der Waals surface area contributed by atoms with E-state index in [1.807, 2.05) is 6.07 Å². The first kappa shape index (κ1) is 19.9. The Morgan fingerprint density at radius 2 is 1.92 bits per heavy atom. The highest BCUT2D eigenvalue weighted by atomic mass is 127. The molecule has 1 aromatic rings. The number of nitrogens with one attached hydrogen (secondary N) is 2. The van der Waals surface area contributed by atoms with Gasteiger partial charge in [-0.25, -0.2) is 0 Å². The van der Waals surface area contributed by atoms with Gasteiger partial charge >= 0.3 is 0 Å². The minimum Gasteiger partial charge on any atom is -0.454 e. The normalized spacial score (nSPS) is 16.7. The van der Waals surface area contributed by atoms with Gasteiger partial charge in [-0.2, -0.15) is 0 Å². The molecular weight excluding hydrogens is 429 g/mol. The van der Waals surface area contributed by atoms with Gasteiger partial charge in [0.2, 0.25) is 6.79 Å². The summed E-state index contributed by atoms with van der Waals surface area (Å²) < 4.78 is 10.9. The van der Waals surface area contributed by atoms with Crippen LogP contribution in [0.15, 0.2) is 35.3 Å². The van der Waals surface area contributed by atoms with Gasteiger partial charge in [0.15, 0.2) is 17.5 Å². The molecule has 0 aromatic heterocycles. The molecule has 0 spiro atoms. The molecule has 0 saturated carbocycles. The molecule has 0 fully saturated rings. The van der Waals surface area contributed by atoms with Crippen molar-refractivity contribution in [2.75, 3.05) is 19.9 Å². The molecule has 0 saturated heterocycles. The van der Waals surface area contributed by atoms with E-state index in [4.69, 9.17) is 14.5 Å². The van der Waals surface area contributed by atoms with E-state index in [-0.39, 0.29) is 29.4 Å². The number of benzene rings is 1. The van der Waals surface area contributed by atoms with E-state index in [1.165, 1.54) is 5.56 Å². The third-order valence-corrected chi connectivity index (χ3v) is 4.48. The zero-order valence-electron chi connectivity index (χ0n) is 15.2. The average molecular weight is 457 g/mol. The Bertz CT molecular complexity index is 636. The van der Waals surface area contributed by atoms with E-state index >= 15 is 0 Å². The molecule has 25 heavy (non-hydrogen) atoms. The molecule has 0 unspecified atom stereocenters. The van der Waals surface area contributed by atoms with E-state index in [0.29, 0.717) is 19.4 Å². The van der Waals surface area contributed by atoms with Crippen LogP contribution in [0.5, 0.6) is 11.5 Å². The van der Waals surface area contributed by atoms with Gasteiger partial charge in [-0.15, -0.1) is 24.0 Å². The first-order valence-corrected chi connectivity index (χ1v) is 8.68. The summed E-state index contributed by atoms with van der Waals surface area (Å²) in [6.45, 7) is 8.36. The van der Waals surface area contributed by atoms with Gasteiger partial charge in [0.1, 0.15) is 0 Å². The van der Waals surface area contributed by atoms with Crippen molar-refractivity contribution in [1.82, 2.24) is 10.6 Å². The Hall–Kier alpha value is -1.44. The number of nitrogens with zero attached hydrogens (tertiary/aromatic N) is 1. The van der Waals surface area contributed by atoms with Crippen LogP contribution in [0.25, 0.3) is 0 Å². The van der Waals surface area contributed by atoms with Crippen molar-refractivity contribution < 1.29 is 9.47 Å². The van der Waals surface area contributed by atoms with Crippen LogP contribution in [-0.2, 0) is 5.41 Å². The molecule has 138 valence electrons. The molecule has 1 heterocycles. The number of halogens is 1. The van der Waals surface area contributed by atoms with Crippen LogP contribution in [0, 0.1) is 0 Å². The SMILES string of the molecule is CCNC(=NCC(C)(C)c1ccc2c(c1)OCO2)NC1CC=CC1.I. The molecule has 1 aliphatic heterocycles. The highest BCUT2D eigenvalue weighted by Gasteiger charge is 2.24. The molecule has 3 rings (SSSR count). The maximum Gasteiger partial charge on any atom is 0.231 e. The Labute approximate surface area is 167 Å². The Morgan fingerprint density at radius 1 is 1.20 bits per heavy atom. The molecule has 0 bridgehead atoms. The molecule has 2 N–H and O–H groups in total. The van der Waals surface area contributed by atoms with Crippen LogP contribution in [0.4, 0.5) is 0 Å². The van der Waals surface area contributed by atoms with Gasteiger partial charge in [0, 0.05) is 18.0 Å². The second kappa shape index (κ2) is 8.78. The van der Waals surface area contributed by atoms with Crippen LogP contribution in [0.1, 0.15) is 39.2 Å². The summed E-state index contributed by atoms with van der Waals surface area (Å²) in [6.07, 6.45) is 6.57. The Balaban J connectivity index is 0.00000225. The van der Waals surface area contributed by atoms with Crippen LogP contribution < -0.4 is 20.1 Å². The van der Waals surface area contributed by atoms with Gasteiger partial charge < -0.3 is 20.1 Å². The number of hydrogen-bond acceptors (Lipinski definition) is 3. The lowest BCUT2D eigenvalue weighted by Gasteiger charge is -2.25. The van der Waals surface area contributed by atoms with E-state index in [9.17, 15) is 0 Å². The smallest absolute Gasteiger partial charge is 0.231 e. The number of fused-ring (bicyclic) bond motifs is 1. The zero-order chi connectivity index (χ0) is 17.0. The molecule has 0 radical (unpaired) electrons. The fourth-order valence-corrected chi connectivity index (χ4v) is 2.93. The van der Waals surface area contributed by atoms with Crippen molar-refractivity contribution in [2.45, 2.75) is 45.1 Å². The quantitative estimate of drug-likeness (QED) is 0.307. The minimum absolute atomic E-state index is 0. The van der Waals surface area contributed by atoms with Crippen molar-refractivity contribution in [2.24, 2.45) is 4.99 Å². The summed E-state index contributed by atoms with van der Waals surface area (Å²) in [5.41, 5.74) is 1.12. The standard InChI is InChI=1S/C19H27N3O2.HI/c1-4-20-18(22-15-7-5-6-8-15)21-12-19(2,3)14-9-10-16-17(11-14)24-13-23-16;/h5-6,9-11,15H,4,7-8,12-13H2,1-3H3,(H2,20,21,22);1H. The van der Waals surface area contributed by atoms with Gasteiger partial charge in [0.25, 0.3) is 0 Å². The molecule has 2 aliphatic rings. The van der Waals surface area contributed by atoms with Crippen LogP contribution in [0.3, 0.4) is 0 Å². The predicted octanol–water partition coefficient (Wildman–Crippen LogP) is 3.58. The summed E-state index contributed by atoms with van der Waals surface area (Å²) in [7, 11) is 0. The van der Waals surface area contributed by atoms with Crippen LogP contribution in [0.2, 0.25) is 0 Å². The summed E-state index contributed by atoms with van der Waals surface area (Å²) in [5, 5.41) is 6.86. The lowest BCUT2D eigenvalue weighted by atomic mass is 9.84. The van der Waals surface area contributed by atoms with E-state index in [2.05, 4.69) is 55.7 Å². The van der Waals surface area contributed by atoms with Gasteiger partial charge in [0.05, 0.1) is 6.54 Å².